The summed E-state index contributed by atoms with van der Waals surface area (Å²) in [5.74, 6) is -1.01. The van der Waals surface area contributed by atoms with E-state index in [9.17, 15) is 18.4 Å². The molecule has 30 heavy (non-hydrogen) atoms. The number of carbonyl (C=O) groups excluding carboxylic acids is 2. The first kappa shape index (κ1) is 21.3. The highest BCUT2D eigenvalue weighted by molar-refractivity contribution is 6.00. The first-order chi connectivity index (χ1) is 14.4. The third-order valence-corrected chi connectivity index (χ3v) is 4.61. The molecule has 2 aromatic carbocycles. The van der Waals surface area contributed by atoms with Gasteiger partial charge in [0.15, 0.2) is 17.6 Å². The average Bonchev–Trinajstić information content (AvgIpc) is 3.16. The fraction of sp³-hybridized carbons (Fsp3) is 0.273. The van der Waals surface area contributed by atoms with Crippen molar-refractivity contribution in [1.29, 1.82) is 0 Å². The number of fused-ring (bicyclic) bond motifs is 1. The van der Waals surface area contributed by atoms with E-state index in [1.165, 1.54) is 38.3 Å². The maximum absolute atomic E-state index is 12.7. The molecule has 0 saturated heterocycles. The molecule has 0 saturated carbocycles. The quantitative estimate of drug-likeness (QED) is 0.506. The van der Waals surface area contributed by atoms with Gasteiger partial charge in [-0.1, -0.05) is 24.3 Å². The first-order valence-electron chi connectivity index (χ1n) is 9.30. The molecule has 0 radical (unpaired) electrons. The van der Waals surface area contributed by atoms with Crippen molar-refractivity contribution in [3.05, 3.63) is 59.7 Å². The van der Waals surface area contributed by atoms with Crippen LogP contribution in [0.2, 0.25) is 0 Å². The Labute approximate surface area is 172 Å². The number of hydrogen-bond donors (Lipinski definition) is 0. The maximum atomic E-state index is 12.7. The van der Waals surface area contributed by atoms with Gasteiger partial charge in [0.25, 0.3) is 5.91 Å². The Morgan fingerprint density at radius 1 is 1.13 bits per heavy atom. The largest absolute Gasteiger partial charge is 0.493 e. The van der Waals surface area contributed by atoms with E-state index in [0.29, 0.717) is 12.1 Å². The number of methoxy groups -OCH3 is 1. The highest BCUT2D eigenvalue weighted by Gasteiger charge is 2.29. The molecule has 1 amide bonds. The zero-order valence-corrected chi connectivity index (χ0v) is 16.5. The van der Waals surface area contributed by atoms with Crippen molar-refractivity contribution in [3.8, 4) is 11.5 Å². The van der Waals surface area contributed by atoms with Gasteiger partial charge in [-0.05, 0) is 48.7 Å². The summed E-state index contributed by atoms with van der Waals surface area (Å²) in [6.45, 7) is -0.908. The Bertz CT molecular complexity index is 960. The van der Waals surface area contributed by atoms with E-state index in [-0.39, 0.29) is 17.4 Å². The molecule has 1 atom stereocenters. The molecular weight excluding hydrogens is 396 g/mol. The highest BCUT2D eigenvalue weighted by Crippen LogP contribution is 2.30. The normalized spacial score (nSPS) is 14.0. The van der Waals surface area contributed by atoms with E-state index in [2.05, 4.69) is 4.74 Å². The van der Waals surface area contributed by atoms with Crippen LogP contribution in [0, 0.1) is 0 Å². The molecule has 1 aliphatic rings. The number of nitrogens with zero attached hydrogens (tertiary/aromatic N) is 1. The lowest BCUT2D eigenvalue weighted by Gasteiger charge is -2.21. The van der Waals surface area contributed by atoms with Crippen molar-refractivity contribution in [2.45, 2.75) is 26.1 Å². The number of ether oxygens (including phenoxy) is 3. The van der Waals surface area contributed by atoms with Gasteiger partial charge in [0.05, 0.1) is 7.11 Å². The van der Waals surface area contributed by atoms with Crippen molar-refractivity contribution in [2.24, 2.45) is 0 Å². The van der Waals surface area contributed by atoms with Crippen LogP contribution < -0.4 is 14.4 Å². The third-order valence-electron chi connectivity index (χ3n) is 4.61. The van der Waals surface area contributed by atoms with Crippen molar-refractivity contribution < 1.29 is 32.6 Å². The van der Waals surface area contributed by atoms with Crippen LogP contribution in [0.4, 0.5) is 14.5 Å². The summed E-state index contributed by atoms with van der Waals surface area (Å²) in [7, 11) is 1.32. The van der Waals surface area contributed by atoms with Crippen LogP contribution in [0.5, 0.6) is 11.5 Å². The number of alkyl halides is 2. The second-order valence-corrected chi connectivity index (χ2v) is 6.57. The number of benzene rings is 2. The van der Waals surface area contributed by atoms with Gasteiger partial charge in [0.1, 0.15) is 0 Å². The molecule has 0 N–H and O–H groups in total. The number of amides is 1. The molecule has 0 aliphatic carbocycles. The smallest absolute Gasteiger partial charge is 0.387 e. The summed E-state index contributed by atoms with van der Waals surface area (Å²) in [5.41, 5.74) is 2.43. The summed E-state index contributed by atoms with van der Waals surface area (Å²) < 4.78 is 39.4. The van der Waals surface area contributed by atoms with Crippen LogP contribution in [0.3, 0.4) is 0 Å². The lowest BCUT2D eigenvalue weighted by atomic mass is 10.2. The molecule has 158 valence electrons. The van der Waals surface area contributed by atoms with Gasteiger partial charge >= 0.3 is 12.6 Å². The van der Waals surface area contributed by atoms with E-state index in [0.717, 1.165) is 23.7 Å². The lowest BCUT2D eigenvalue weighted by molar-refractivity contribution is -0.149. The number of rotatable bonds is 7. The Hall–Kier alpha value is -3.42. The van der Waals surface area contributed by atoms with Crippen molar-refractivity contribution in [3.63, 3.8) is 0 Å². The summed E-state index contributed by atoms with van der Waals surface area (Å²) >= 11 is 0. The van der Waals surface area contributed by atoms with Gasteiger partial charge < -0.3 is 19.1 Å². The number of carbonyl (C=O) groups is 2. The van der Waals surface area contributed by atoms with Gasteiger partial charge in [-0.15, -0.1) is 0 Å². The number of esters is 1. The monoisotopic (exact) mass is 417 g/mol. The topological polar surface area (TPSA) is 65.1 Å². The number of anilines is 1. The van der Waals surface area contributed by atoms with Gasteiger partial charge in [0.2, 0.25) is 0 Å². The molecule has 2 aromatic rings. The predicted octanol–water partition coefficient (Wildman–Crippen LogP) is 3.83. The third kappa shape index (κ3) is 4.94. The molecule has 1 aliphatic heterocycles. The minimum absolute atomic E-state index is 0.0991. The fourth-order valence-electron chi connectivity index (χ4n) is 3.20. The van der Waals surface area contributed by atoms with E-state index < -0.39 is 18.7 Å². The van der Waals surface area contributed by atoms with Crippen LogP contribution >= 0.6 is 0 Å². The molecular formula is C22H21F2NO5. The number of hydrogen-bond acceptors (Lipinski definition) is 5. The first-order valence-corrected chi connectivity index (χ1v) is 9.30. The second-order valence-electron chi connectivity index (χ2n) is 6.57. The van der Waals surface area contributed by atoms with Crippen molar-refractivity contribution >= 4 is 23.6 Å². The number of para-hydroxylation sites is 1. The average molecular weight is 417 g/mol. The second kappa shape index (κ2) is 9.39. The summed E-state index contributed by atoms with van der Waals surface area (Å²) in [4.78, 5) is 26.4. The van der Waals surface area contributed by atoms with Crippen LogP contribution in [-0.4, -0.2) is 38.2 Å². The lowest BCUT2D eigenvalue weighted by Crippen LogP contribution is -2.38. The van der Waals surface area contributed by atoms with Crippen molar-refractivity contribution in [2.75, 3.05) is 18.6 Å². The zero-order chi connectivity index (χ0) is 21.7. The van der Waals surface area contributed by atoms with Crippen LogP contribution in [0.25, 0.3) is 6.08 Å². The molecule has 6 nitrogen and oxygen atoms in total. The zero-order valence-electron chi connectivity index (χ0n) is 16.5. The van der Waals surface area contributed by atoms with Crippen molar-refractivity contribution in [1.82, 2.24) is 0 Å². The van der Waals surface area contributed by atoms with Crippen LogP contribution in [0.15, 0.2) is 48.5 Å². The minimum atomic E-state index is -2.98. The van der Waals surface area contributed by atoms with E-state index in [1.54, 1.807) is 4.90 Å². The van der Waals surface area contributed by atoms with Gasteiger partial charge in [-0.25, -0.2) is 4.79 Å². The fourth-order valence-corrected chi connectivity index (χ4v) is 3.20. The molecule has 0 spiro atoms. The summed E-state index contributed by atoms with van der Waals surface area (Å²) in [6, 6.07) is 11.8. The number of halogens is 2. The molecule has 1 heterocycles. The minimum Gasteiger partial charge on any atom is -0.493 e. The van der Waals surface area contributed by atoms with E-state index in [1.807, 2.05) is 24.3 Å². The Kier molecular flexibility index (Phi) is 6.66. The summed E-state index contributed by atoms with van der Waals surface area (Å²) in [6.07, 6.45) is 2.39. The molecule has 8 heteroatoms. The summed E-state index contributed by atoms with van der Waals surface area (Å²) in [5, 5.41) is 0. The van der Waals surface area contributed by atoms with Crippen LogP contribution in [-0.2, 0) is 20.7 Å². The van der Waals surface area contributed by atoms with Gasteiger partial charge in [-0.2, -0.15) is 8.78 Å². The Morgan fingerprint density at radius 2 is 1.90 bits per heavy atom. The molecule has 0 unspecified atom stereocenters. The molecule has 0 bridgehead atoms. The predicted molar refractivity (Wildman–Crippen MR) is 107 cm³/mol. The maximum Gasteiger partial charge on any atom is 0.387 e. The van der Waals surface area contributed by atoms with Gasteiger partial charge in [0, 0.05) is 18.3 Å². The molecule has 0 aromatic heterocycles. The van der Waals surface area contributed by atoms with E-state index in [4.69, 9.17) is 9.47 Å². The highest BCUT2D eigenvalue weighted by atomic mass is 19.3. The SMILES string of the molecule is COc1cc(/C=C/C(=O)O[C@H](C)C(=O)N2CCc3ccccc32)ccc1OC(F)F. The van der Waals surface area contributed by atoms with Gasteiger partial charge in [-0.3, -0.25) is 4.79 Å². The molecule has 0 fully saturated rings. The van der Waals surface area contributed by atoms with E-state index >= 15 is 0 Å². The van der Waals surface area contributed by atoms with Crippen LogP contribution in [0.1, 0.15) is 18.1 Å². The molecule has 3 rings (SSSR count). The standard InChI is InChI=1S/C22H21F2NO5/c1-14(21(27)25-12-11-16-5-3-4-6-17(16)25)29-20(26)10-8-15-7-9-18(30-22(23)24)19(13-15)28-2/h3-10,13-14,22H,11-12H2,1-2H3/b10-8+/t14-/m1/s1. The Morgan fingerprint density at radius 3 is 2.63 bits per heavy atom. The Balaban J connectivity index is 1.61.